The van der Waals surface area contributed by atoms with Gasteiger partial charge in [-0.25, -0.2) is 0 Å². The summed E-state index contributed by atoms with van der Waals surface area (Å²) in [5.41, 5.74) is -0.0310. The highest BCUT2D eigenvalue weighted by molar-refractivity contribution is 9.09. The molecule has 1 unspecified atom stereocenters. The molecule has 0 N–H and O–H groups in total. The van der Waals surface area contributed by atoms with Gasteiger partial charge < -0.3 is 4.74 Å². The Kier molecular flexibility index (Phi) is 5.90. The summed E-state index contributed by atoms with van der Waals surface area (Å²) in [5.74, 6) is -1.73. The zero-order valence-corrected chi connectivity index (χ0v) is 16.6. The van der Waals surface area contributed by atoms with Crippen molar-refractivity contribution in [3.63, 3.8) is 0 Å². The Morgan fingerprint density at radius 1 is 0.964 bits per heavy atom. The Labute approximate surface area is 167 Å². The van der Waals surface area contributed by atoms with E-state index in [0.29, 0.717) is 5.39 Å². The first-order valence-corrected chi connectivity index (χ1v) is 9.89. The molecule has 2 aromatic carbocycles. The van der Waals surface area contributed by atoms with Gasteiger partial charge in [0.05, 0.1) is 12.0 Å². The van der Waals surface area contributed by atoms with Crippen molar-refractivity contribution in [2.24, 2.45) is 5.92 Å². The maximum Gasteiger partial charge on any atom is 0.420 e. The van der Waals surface area contributed by atoms with Crippen LogP contribution in [0.4, 0.5) is 26.3 Å². The molecule has 0 aliphatic heterocycles. The van der Waals surface area contributed by atoms with Gasteiger partial charge in [-0.3, -0.25) is 0 Å². The molecule has 1 atom stereocenters. The fourth-order valence-electron chi connectivity index (χ4n) is 3.65. The van der Waals surface area contributed by atoms with Crippen molar-refractivity contribution < 1.29 is 31.1 Å². The van der Waals surface area contributed by atoms with Gasteiger partial charge in [0.1, 0.15) is 11.3 Å². The van der Waals surface area contributed by atoms with Crippen LogP contribution in [0.5, 0.6) is 5.75 Å². The van der Waals surface area contributed by atoms with E-state index in [2.05, 4.69) is 15.9 Å². The Hall–Kier alpha value is -1.44. The number of halogens is 7. The van der Waals surface area contributed by atoms with Crippen LogP contribution in [-0.2, 0) is 6.18 Å². The van der Waals surface area contributed by atoms with E-state index < -0.39 is 29.9 Å². The van der Waals surface area contributed by atoms with Crippen LogP contribution in [-0.4, -0.2) is 12.3 Å². The zero-order chi connectivity index (χ0) is 20.7. The zero-order valence-electron chi connectivity index (χ0n) is 15.0. The molecular weight excluding hydrogens is 450 g/mol. The minimum absolute atomic E-state index is 0.00835. The third kappa shape index (κ3) is 4.58. The summed E-state index contributed by atoms with van der Waals surface area (Å²) < 4.78 is 85.2. The lowest BCUT2D eigenvalue weighted by Crippen LogP contribution is -2.32. The lowest BCUT2D eigenvalue weighted by molar-refractivity contribution is -0.185. The third-order valence-electron chi connectivity index (χ3n) is 5.18. The van der Waals surface area contributed by atoms with Crippen LogP contribution in [0.2, 0.25) is 0 Å². The summed E-state index contributed by atoms with van der Waals surface area (Å²) >= 11 is 3.40. The number of ether oxygens (including phenoxy) is 1. The van der Waals surface area contributed by atoms with Gasteiger partial charge in [0.15, 0.2) is 0 Å². The molecule has 28 heavy (non-hydrogen) atoms. The molecule has 0 saturated heterocycles. The van der Waals surface area contributed by atoms with E-state index in [0.717, 1.165) is 5.56 Å². The first kappa shape index (κ1) is 21.3. The molecule has 1 saturated carbocycles. The average Bonchev–Trinajstić information content (AvgIpc) is 2.59. The third-order valence-corrected chi connectivity index (χ3v) is 5.71. The van der Waals surface area contributed by atoms with Crippen LogP contribution >= 0.6 is 15.9 Å². The second kappa shape index (κ2) is 7.76. The SMILES string of the molecule is CC(Br)c1ccc2c(C(F)(F)F)c(OC3CCC(C(F)(F)F)CC3)ccc2c1. The quantitative estimate of drug-likeness (QED) is 0.329. The van der Waals surface area contributed by atoms with Crippen LogP contribution in [0.3, 0.4) is 0 Å². The van der Waals surface area contributed by atoms with Gasteiger partial charge in [0.2, 0.25) is 0 Å². The lowest BCUT2D eigenvalue weighted by atomic mass is 9.87. The van der Waals surface area contributed by atoms with Gasteiger partial charge in [-0.05, 0) is 55.0 Å². The second-order valence-electron chi connectivity index (χ2n) is 7.17. The van der Waals surface area contributed by atoms with Crippen molar-refractivity contribution in [3.05, 3.63) is 41.5 Å². The molecule has 0 spiro atoms. The first-order chi connectivity index (χ1) is 13.0. The number of fused-ring (bicyclic) bond motifs is 1. The molecule has 0 aromatic heterocycles. The maximum atomic E-state index is 13.8. The van der Waals surface area contributed by atoms with E-state index in [1.165, 1.54) is 12.1 Å². The lowest BCUT2D eigenvalue weighted by Gasteiger charge is -2.31. The maximum absolute atomic E-state index is 13.8. The predicted octanol–water partition coefficient (Wildman–Crippen LogP) is 7.81. The van der Waals surface area contributed by atoms with Gasteiger partial charge in [0.25, 0.3) is 0 Å². The van der Waals surface area contributed by atoms with Gasteiger partial charge >= 0.3 is 12.4 Å². The first-order valence-electron chi connectivity index (χ1n) is 8.98. The Morgan fingerprint density at radius 3 is 2.14 bits per heavy atom. The normalized spacial score (nSPS) is 22.3. The van der Waals surface area contributed by atoms with E-state index in [9.17, 15) is 26.3 Å². The number of hydrogen-bond donors (Lipinski definition) is 0. The molecule has 8 heteroatoms. The van der Waals surface area contributed by atoms with E-state index in [-0.39, 0.29) is 41.6 Å². The smallest absolute Gasteiger partial charge is 0.420 e. The standard InChI is InChI=1S/C20H19BrF6O/c1-11(21)12-2-8-16-13(10-12)3-9-17(18(16)20(25,26)27)28-15-6-4-14(5-7-15)19(22,23)24/h2-3,8-11,14-15H,4-7H2,1H3. The minimum atomic E-state index is -4.64. The molecular formula is C20H19BrF6O. The highest BCUT2D eigenvalue weighted by Gasteiger charge is 2.42. The molecule has 0 radical (unpaired) electrons. The van der Waals surface area contributed by atoms with Crippen molar-refractivity contribution in [2.75, 3.05) is 0 Å². The van der Waals surface area contributed by atoms with Crippen LogP contribution < -0.4 is 4.74 Å². The van der Waals surface area contributed by atoms with Crippen molar-refractivity contribution in [1.29, 1.82) is 0 Å². The van der Waals surface area contributed by atoms with Crippen LogP contribution in [0.25, 0.3) is 10.8 Å². The Morgan fingerprint density at radius 2 is 1.61 bits per heavy atom. The summed E-state index contributed by atoms with van der Waals surface area (Å²) in [4.78, 5) is -0.00835. The molecule has 0 amide bonds. The topological polar surface area (TPSA) is 9.23 Å². The van der Waals surface area contributed by atoms with E-state index >= 15 is 0 Å². The van der Waals surface area contributed by atoms with Crippen molar-refractivity contribution in [3.8, 4) is 5.75 Å². The summed E-state index contributed by atoms with van der Waals surface area (Å²) in [6.07, 6.45) is -9.65. The monoisotopic (exact) mass is 468 g/mol. The number of benzene rings is 2. The summed E-state index contributed by atoms with van der Waals surface area (Å²) in [6.45, 7) is 1.88. The fraction of sp³-hybridized carbons (Fsp3) is 0.500. The number of hydrogen-bond acceptors (Lipinski definition) is 1. The largest absolute Gasteiger partial charge is 0.490 e. The van der Waals surface area contributed by atoms with E-state index in [1.807, 2.05) is 6.92 Å². The Bertz CT molecular complexity index is 835. The second-order valence-corrected chi connectivity index (χ2v) is 8.54. The fourth-order valence-corrected chi connectivity index (χ4v) is 3.94. The summed E-state index contributed by atoms with van der Waals surface area (Å²) in [7, 11) is 0. The highest BCUT2D eigenvalue weighted by Crippen LogP contribution is 2.44. The van der Waals surface area contributed by atoms with Crippen LogP contribution in [0, 0.1) is 5.92 Å². The molecule has 154 valence electrons. The van der Waals surface area contributed by atoms with Crippen LogP contribution in [0.1, 0.15) is 48.6 Å². The molecule has 1 nitrogen and oxygen atoms in total. The van der Waals surface area contributed by atoms with E-state index in [4.69, 9.17) is 4.74 Å². The molecule has 0 heterocycles. The molecule has 1 aliphatic carbocycles. The molecule has 3 rings (SSSR count). The summed E-state index contributed by atoms with van der Waals surface area (Å²) in [6, 6.07) is 7.54. The van der Waals surface area contributed by atoms with Crippen molar-refractivity contribution in [2.45, 2.75) is 55.9 Å². The van der Waals surface area contributed by atoms with Gasteiger partial charge in [0, 0.05) is 4.83 Å². The average molecular weight is 469 g/mol. The van der Waals surface area contributed by atoms with Crippen molar-refractivity contribution >= 4 is 26.7 Å². The minimum Gasteiger partial charge on any atom is -0.490 e. The molecule has 0 bridgehead atoms. The molecule has 1 aliphatic rings. The predicted molar refractivity (Wildman–Crippen MR) is 98.7 cm³/mol. The number of alkyl halides is 7. The molecule has 1 fully saturated rings. The Balaban J connectivity index is 1.90. The van der Waals surface area contributed by atoms with Gasteiger partial charge in [-0.15, -0.1) is 0 Å². The number of rotatable bonds is 3. The van der Waals surface area contributed by atoms with E-state index in [1.54, 1.807) is 18.2 Å². The van der Waals surface area contributed by atoms with Gasteiger partial charge in [-0.2, -0.15) is 26.3 Å². The van der Waals surface area contributed by atoms with Crippen molar-refractivity contribution in [1.82, 2.24) is 0 Å². The summed E-state index contributed by atoms with van der Waals surface area (Å²) in [5, 5.41) is 0.454. The highest BCUT2D eigenvalue weighted by atomic mass is 79.9. The van der Waals surface area contributed by atoms with Gasteiger partial charge in [-0.1, -0.05) is 40.2 Å². The molecule has 2 aromatic rings. The van der Waals surface area contributed by atoms with Crippen LogP contribution in [0.15, 0.2) is 30.3 Å².